The fraction of sp³-hybridized carbons (Fsp3) is 0.417. The van der Waals surface area contributed by atoms with Crippen LogP contribution in [-0.2, 0) is 11.3 Å². The lowest BCUT2D eigenvalue weighted by atomic mass is 9.89. The normalized spacial score (nSPS) is 14.4. The van der Waals surface area contributed by atoms with Crippen molar-refractivity contribution >= 4 is 34.1 Å². The molecule has 168 valence electrons. The minimum absolute atomic E-state index is 0.0941. The molecule has 2 heterocycles. The van der Waals surface area contributed by atoms with Gasteiger partial charge >= 0.3 is 0 Å². The molecule has 0 bridgehead atoms. The number of thioether (sulfide) groups is 1. The maximum atomic E-state index is 12.6. The van der Waals surface area contributed by atoms with Crippen molar-refractivity contribution in [2.24, 2.45) is 0 Å². The van der Waals surface area contributed by atoms with Crippen molar-refractivity contribution in [2.45, 2.75) is 63.6 Å². The van der Waals surface area contributed by atoms with E-state index >= 15 is 0 Å². The highest BCUT2D eigenvalue weighted by Crippen LogP contribution is 2.33. The Bertz CT molecular complexity index is 1100. The van der Waals surface area contributed by atoms with E-state index < -0.39 is 0 Å². The number of amides is 1. The standard InChI is InChI=1S/C24H29N5OS2/c1-4-12-29-22(18-8-6-5-7-9-18)27-28-24(29)32-15-21(30)26-23-25-20(14-31-23)19-11-10-16(2)17(3)13-19/h4,10-11,13-14,18H,1,5-9,12,15H2,2-3H3,(H,25,26,30). The number of nitrogens with zero attached hydrogens (tertiary/aromatic N) is 4. The van der Waals surface area contributed by atoms with Gasteiger partial charge < -0.3 is 9.88 Å². The summed E-state index contributed by atoms with van der Waals surface area (Å²) >= 11 is 2.85. The molecule has 1 aliphatic rings. The Kier molecular flexibility index (Phi) is 7.42. The van der Waals surface area contributed by atoms with E-state index in [4.69, 9.17) is 0 Å². The van der Waals surface area contributed by atoms with E-state index in [0.717, 1.165) is 35.1 Å². The van der Waals surface area contributed by atoms with E-state index in [2.05, 4.69) is 63.7 Å². The average molecular weight is 468 g/mol. The van der Waals surface area contributed by atoms with Gasteiger partial charge in [-0.25, -0.2) is 4.98 Å². The molecular weight excluding hydrogens is 438 g/mol. The van der Waals surface area contributed by atoms with Gasteiger partial charge in [0, 0.05) is 23.4 Å². The number of aromatic nitrogens is 4. The first-order chi connectivity index (χ1) is 15.5. The largest absolute Gasteiger partial charge is 0.302 e. The molecule has 0 unspecified atom stereocenters. The van der Waals surface area contributed by atoms with Crippen LogP contribution in [0.2, 0.25) is 0 Å². The van der Waals surface area contributed by atoms with Gasteiger partial charge in [-0.1, -0.05) is 49.2 Å². The van der Waals surface area contributed by atoms with Crippen LogP contribution in [0.25, 0.3) is 11.3 Å². The van der Waals surface area contributed by atoms with Gasteiger partial charge in [-0.15, -0.1) is 28.1 Å². The molecule has 3 aromatic rings. The zero-order valence-corrected chi connectivity index (χ0v) is 20.3. The number of hydrogen-bond acceptors (Lipinski definition) is 6. The van der Waals surface area contributed by atoms with Gasteiger partial charge in [0.15, 0.2) is 10.3 Å². The number of benzene rings is 1. The predicted octanol–water partition coefficient (Wildman–Crippen LogP) is 5.98. The highest BCUT2D eigenvalue weighted by atomic mass is 32.2. The van der Waals surface area contributed by atoms with Gasteiger partial charge in [0.2, 0.25) is 5.91 Å². The Morgan fingerprint density at radius 1 is 1.25 bits per heavy atom. The van der Waals surface area contributed by atoms with Gasteiger partial charge in [-0.2, -0.15) is 0 Å². The minimum atomic E-state index is -0.0941. The highest BCUT2D eigenvalue weighted by Gasteiger charge is 2.23. The predicted molar refractivity (Wildman–Crippen MR) is 132 cm³/mol. The number of aryl methyl sites for hydroxylation is 2. The summed E-state index contributed by atoms with van der Waals surface area (Å²) in [6, 6.07) is 6.29. The average Bonchev–Trinajstić information content (AvgIpc) is 3.42. The summed E-state index contributed by atoms with van der Waals surface area (Å²) in [6.45, 7) is 8.73. The summed E-state index contributed by atoms with van der Waals surface area (Å²) in [6.07, 6.45) is 7.98. The van der Waals surface area contributed by atoms with E-state index in [-0.39, 0.29) is 11.7 Å². The third-order valence-electron chi connectivity index (χ3n) is 5.91. The van der Waals surface area contributed by atoms with Crippen LogP contribution in [0.5, 0.6) is 0 Å². The molecule has 1 saturated carbocycles. The third-order valence-corrected chi connectivity index (χ3v) is 7.64. The topological polar surface area (TPSA) is 72.7 Å². The van der Waals surface area contributed by atoms with E-state index in [9.17, 15) is 4.79 Å². The zero-order valence-electron chi connectivity index (χ0n) is 18.6. The summed E-state index contributed by atoms with van der Waals surface area (Å²) in [7, 11) is 0. The van der Waals surface area contributed by atoms with E-state index in [1.54, 1.807) is 0 Å². The summed E-state index contributed by atoms with van der Waals surface area (Å²) < 4.78 is 2.11. The van der Waals surface area contributed by atoms with Crippen LogP contribution in [-0.4, -0.2) is 31.4 Å². The van der Waals surface area contributed by atoms with Crippen LogP contribution < -0.4 is 5.32 Å². The number of carbonyl (C=O) groups excluding carboxylic acids is 1. The number of allylic oxidation sites excluding steroid dienone is 1. The van der Waals surface area contributed by atoms with Crippen LogP contribution in [0.3, 0.4) is 0 Å². The maximum absolute atomic E-state index is 12.6. The van der Waals surface area contributed by atoms with Crippen molar-refractivity contribution < 1.29 is 4.79 Å². The molecule has 0 saturated heterocycles. The molecule has 0 aliphatic heterocycles. The summed E-state index contributed by atoms with van der Waals surface area (Å²) in [5, 5.41) is 15.1. The fourth-order valence-corrected chi connectivity index (χ4v) is 5.51. The molecule has 1 aliphatic carbocycles. The summed E-state index contributed by atoms with van der Waals surface area (Å²) in [5.41, 5.74) is 4.43. The molecule has 32 heavy (non-hydrogen) atoms. The SMILES string of the molecule is C=CCn1c(SCC(=O)Nc2nc(-c3ccc(C)c(C)c3)cs2)nnc1C1CCCCC1. The minimum Gasteiger partial charge on any atom is -0.302 e. The number of nitrogens with one attached hydrogen (secondary N) is 1. The van der Waals surface area contributed by atoms with Crippen LogP contribution >= 0.6 is 23.1 Å². The molecule has 8 heteroatoms. The van der Waals surface area contributed by atoms with Crippen LogP contribution in [0.1, 0.15) is 55.0 Å². The Balaban J connectivity index is 1.38. The molecule has 1 amide bonds. The Labute approximate surface area is 197 Å². The van der Waals surface area contributed by atoms with Crippen LogP contribution in [0.15, 0.2) is 41.4 Å². The first-order valence-electron chi connectivity index (χ1n) is 11.0. The Morgan fingerprint density at radius 2 is 2.06 bits per heavy atom. The highest BCUT2D eigenvalue weighted by molar-refractivity contribution is 7.99. The van der Waals surface area contributed by atoms with Gasteiger partial charge in [-0.3, -0.25) is 4.79 Å². The first-order valence-corrected chi connectivity index (χ1v) is 12.9. The molecule has 2 aromatic heterocycles. The second-order valence-electron chi connectivity index (χ2n) is 8.25. The van der Waals surface area contributed by atoms with E-state index in [1.165, 1.54) is 53.5 Å². The number of anilines is 1. The fourth-order valence-electron chi connectivity index (χ4n) is 4.02. The first kappa shape index (κ1) is 22.7. The lowest BCUT2D eigenvalue weighted by Crippen LogP contribution is -2.15. The summed E-state index contributed by atoms with van der Waals surface area (Å²) in [4.78, 5) is 17.2. The molecule has 0 radical (unpaired) electrons. The molecule has 4 rings (SSSR count). The quantitative estimate of drug-likeness (QED) is 0.326. The van der Waals surface area contributed by atoms with Gasteiger partial charge in [0.25, 0.3) is 0 Å². The smallest absolute Gasteiger partial charge is 0.236 e. The molecule has 1 N–H and O–H groups in total. The Hall–Kier alpha value is -2.45. The van der Waals surface area contributed by atoms with Crippen molar-refractivity contribution in [1.29, 1.82) is 0 Å². The monoisotopic (exact) mass is 467 g/mol. The third kappa shape index (κ3) is 5.30. The lowest BCUT2D eigenvalue weighted by molar-refractivity contribution is -0.113. The second-order valence-corrected chi connectivity index (χ2v) is 10.0. The molecule has 0 spiro atoms. The van der Waals surface area contributed by atoms with Crippen LogP contribution in [0.4, 0.5) is 5.13 Å². The number of thiazole rings is 1. The maximum Gasteiger partial charge on any atom is 0.236 e. The molecule has 6 nitrogen and oxygen atoms in total. The van der Waals surface area contributed by atoms with Gasteiger partial charge in [0.05, 0.1) is 11.4 Å². The van der Waals surface area contributed by atoms with Gasteiger partial charge in [-0.05, 0) is 43.9 Å². The number of carbonyl (C=O) groups is 1. The number of rotatable bonds is 8. The summed E-state index contributed by atoms with van der Waals surface area (Å²) in [5.74, 6) is 1.66. The van der Waals surface area contributed by atoms with Crippen molar-refractivity contribution in [3.8, 4) is 11.3 Å². The second kappa shape index (κ2) is 10.4. The van der Waals surface area contributed by atoms with E-state index in [0.29, 0.717) is 17.6 Å². The molecule has 0 atom stereocenters. The number of hydrogen-bond donors (Lipinski definition) is 1. The van der Waals surface area contributed by atoms with Crippen molar-refractivity contribution in [1.82, 2.24) is 19.7 Å². The van der Waals surface area contributed by atoms with Crippen molar-refractivity contribution in [3.05, 3.63) is 53.2 Å². The molecule has 1 aromatic carbocycles. The Morgan fingerprint density at radius 3 is 2.81 bits per heavy atom. The van der Waals surface area contributed by atoms with Crippen molar-refractivity contribution in [2.75, 3.05) is 11.1 Å². The lowest BCUT2D eigenvalue weighted by Gasteiger charge is -2.21. The van der Waals surface area contributed by atoms with E-state index in [1.807, 2.05) is 11.5 Å². The van der Waals surface area contributed by atoms with Crippen LogP contribution in [0, 0.1) is 13.8 Å². The van der Waals surface area contributed by atoms with Crippen molar-refractivity contribution in [3.63, 3.8) is 0 Å². The molecular formula is C24H29N5OS2. The van der Waals surface area contributed by atoms with Gasteiger partial charge in [0.1, 0.15) is 5.82 Å². The molecule has 1 fully saturated rings. The zero-order chi connectivity index (χ0) is 22.5.